The van der Waals surface area contributed by atoms with Gasteiger partial charge >= 0.3 is 0 Å². The number of ether oxygens (including phenoxy) is 1. The van der Waals surface area contributed by atoms with E-state index < -0.39 is 0 Å². The number of rotatable bonds is 5. The largest absolute Gasteiger partial charge is 0.369 e. The molecular weight excluding hydrogens is 214 g/mol. The molecule has 1 N–H and O–H groups in total. The minimum Gasteiger partial charge on any atom is -0.369 e. The van der Waals surface area contributed by atoms with E-state index in [4.69, 9.17) is 4.74 Å². The molecule has 0 aliphatic carbocycles. The minimum absolute atomic E-state index is 0.164. The van der Waals surface area contributed by atoms with Crippen molar-refractivity contribution >= 4 is 0 Å². The third-order valence-corrected chi connectivity index (χ3v) is 3.44. The van der Waals surface area contributed by atoms with Crippen molar-refractivity contribution in [2.75, 3.05) is 19.7 Å². The quantitative estimate of drug-likeness (QED) is 0.854. The SMILES string of the molecule is CCCC(CC)n1cncc1C1CNCCO1. The van der Waals surface area contributed by atoms with Gasteiger partial charge in [-0.3, -0.25) is 0 Å². The van der Waals surface area contributed by atoms with Gasteiger partial charge in [0.2, 0.25) is 0 Å². The predicted molar refractivity (Wildman–Crippen MR) is 68.0 cm³/mol. The maximum absolute atomic E-state index is 5.81. The van der Waals surface area contributed by atoms with Crippen molar-refractivity contribution in [1.82, 2.24) is 14.9 Å². The molecule has 4 heteroatoms. The van der Waals surface area contributed by atoms with E-state index in [9.17, 15) is 0 Å². The fraction of sp³-hybridized carbons (Fsp3) is 0.769. The van der Waals surface area contributed by atoms with Gasteiger partial charge in [-0.2, -0.15) is 0 Å². The third-order valence-electron chi connectivity index (χ3n) is 3.44. The topological polar surface area (TPSA) is 39.1 Å². The lowest BCUT2D eigenvalue weighted by atomic mass is 10.1. The van der Waals surface area contributed by atoms with Crippen LogP contribution in [0, 0.1) is 0 Å². The van der Waals surface area contributed by atoms with Gasteiger partial charge in [-0.1, -0.05) is 20.3 Å². The number of nitrogens with zero attached hydrogens (tertiary/aromatic N) is 2. The average molecular weight is 237 g/mol. The second-order valence-corrected chi connectivity index (χ2v) is 4.64. The molecule has 1 aromatic heterocycles. The molecular formula is C13H23N3O. The molecule has 1 aliphatic rings. The summed E-state index contributed by atoms with van der Waals surface area (Å²) in [5.74, 6) is 0. The highest BCUT2D eigenvalue weighted by Crippen LogP contribution is 2.25. The van der Waals surface area contributed by atoms with Gasteiger partial charge in [0.15, 0.2) is 0 Å². The molecule has 17 heavy (non-hydrogen) atoms. The van der Waals surface area contributed by atoms with Crippen molar-refractivity contribution in [3.8, 4) is 0 Å². The van der Waals surface area contributed by atoms with Crippen molar-refractivity contribution in [2.24, 2.45) is 0 Å². The molecule has 2 heterocycles. The first-order valence-corrected chi connectivity index (χ1v) is 6.70. The molecule has 0 amide bonds. The standard InChI is InChI=1S/C13H23N3O/c1-3-5-11(4-2)16-10-15-8-12(16)13-9-14-6-7-17-13/h8,10-11,13-14H,3-7,9H2,1-2H3. The third kappa shape index (κ3) is 2.87. The Morgan fingerprint density at radius 2 is 2.47 bits per heavy atom. The Kier molecular flexibility index (Phi) is 4.57. The molecule has 1 aliphatic heterocycles. The summed E-state index contributed by atoms with van der Waals surface area (Å²) >= 11 is 0. The fourth-order valence-electron chi connectivity index (χ4n) is 2.50. The predicted octanol–water partition coefficient (Wildman–Crippen LogP) is 2.30. The molecule has 1 aromatic rings. The summed E-state index contributed by atoms with van der Waals surface area (Å²) in [6.45, 7) is 7.12. The Labute approximate surface area is 103 Å². The highest BCUT2D eigenvalue weighted by atomic mass is 16.5. The number of imidazole rings is 1. The highest BCUT2D eigenvalue weighted by Gasteiger charge is 2.21. The van der Waals surface area contributed by atoms with Crippen LogP contribution >= 0.6 is 0 Å². The zero-order valence-electron chi connectivity index (χ0n) is 10.9. The van der Waals surface area contributed by atoms with Crippen LogP contribution in [0.3, 0.4) is 0 Å². The van der Waals surface area contributed by atoms with Gasteiger partial charge in [0.1, 0.15) is 6.10 Å². The van der Waals surface area contributed by atoms with E-state index in [0.717, 1.165) is 26.1 Å². The Balaban J connectivity index is 2.14. The van der Waals surface area contributed by atoms with E-state index in [1.165, 1.54) is 18.5 Å². The molecule has 0 radical (unpaired) electrons. The first-order valence-electron chi connectivity index (χ1n) is 6.70. The molecule has 2 atom stereocenters. The molecule has 0 aromatic carbocycles. The number of hydrogen-bond donors (Lipinski definition) is 1. The van der Waals surface area contributed by atoms with Crippen molar-refractivity contribution in [1.29, 1.82) is 0 Å². The monoisotopic (exact) mass is 237 g/mol. The second kappa shape index (κ2) is 6.17. The zero-order chi connectivity index (χ0) is 12.1. The van der Waals surface area contributed by atoms with E-state index in [1.807, 2.05) is 12.5 Å². The summed E-state index contributed by atoms with van der Waals surface area (Å²) in [4.78, 5) is 4.30. The van der Waals surface area contributed by atoms with Crippen molar-refractivity contribution < 1.29 is 4.74 Å². The van der Waals surface area contributed by atoms with Gasteiger partial charge in [0.25, 0.3) is 0 Å². The maximum Gasteiger partial charge on any atom is 0.111 e. The summed E-state index contributed by atoms with van der Waals surface area (Å²) in [5.41, 5.74) is 1.22. The van der Waals surface area contributed by atoms with Crippen LogP contribution in [0.4, 0.5) is 0 Å². The molecule has 2 unspecified atom stereocenters. The molecule has 0 saturated carbocycles. The van der Waals surface area contributed by atoms with Gasteiger partial charge in [-0.15, -0.1) is 0 Å². The first kappa shape index (κ1) is 12.6. The van der Waals surface area contributed by atoms with Gasteiger partial charge in [-0.05, 0) is 12.8 Å². The van der Waals surface area contributed by atoms with Gasteiger partial charge in [0, 0.05) is 19.1 Å². The van der Waals surface area contributed by atoms with Crippen LogP contribution in [0.2, 0.25) is 0 Å². The van der Waals surface area contributed by atoms with Gasteiger partial charge < -0.3 is 14.6 Å². The normalized spacial score (nSPS) is 22.6. The Morgan fingerprint density at radius 3 is 3.12 bits per heavy atom. The summed E-state index contributed by atoms with van der Waals surface area (Å²) in [6, 6.07) is 0.558. The summed E-state index contributed by atoms with van der Waals surface area (Å²) in [7, 11) is 0. The lowest BCUT2D eigenvalue weighted by Gasteiger charge is -2.27. The van der Waals surface area contributed by atoms with Crippen LogP contribution < -0.4 is 5.32 Å². The number of morpholine rings is 1. The van der Waals surface area contributed by atoms with E-state index in [-0.39, 0.29) is 6.10 Å². The Hall–Kier alpha value is -0.870. The van der Waals surface area contributed by atoms with Gasteiger partial charge in [0.05, 0.1) is 24.8 Å². The highest BCUT2D eigenvalue weighted by molar-refractivity contribution is 5.06. The number of nitrogens with one attached hydrogen (secondary N) is 1. The molecule has 96 valence electrons. The van der Waals surface area contributed by atoms with Crippen LogP contribution in [0.5, 0.6) is 0 Å². The molecule has 0 bridgehead atoms. The molecule has 1 saturated heterocycles. The number of aromatic nitrogens is 2. The van der Waals surface area contributed by atoms with Crippen LogP contribution in [-0.2, 0) is 4.74 Å². The van der Waals surface area contributed by atoms with E-state index in [1.54, 1.807) is 0 Å². The van der Waals surface area contributed by atoms with Crippen molar-refractivity contribution in [3.05, 3.63) is 18.2 Å². The molecule has 1 fully saturated rings. The van der Waals surface area contributed by atoms with Crippen LogP contribution in [-0.4, -0.2) is 29.2 Å². The van der Waals surface area contributed by atoms with Crippen LogP contribution in [0.1, 0.15) is 50.9 Å². The minimum atomic E-state index is 0.164. The fourth-order valence-corrected chi connectivity index (χ4v) is 2.50. The van der Waals surface area contributed by atoms with Gasteiger partial charge in [-0.25, -0.2) is 4.98 Å². The van der Waals surface area contributed by atoms with E-state index in [2.05, 4.69) is 28.7 Å². The number of hydrogen-bond acceptors (Lipinski definition) is 3. The van der Waals surface area contributed by atoms with E-state index >= 15 is 0 Å². The van der Waals surface area contributed by atoms with Crippen molar-refractivity contribution in [2.45, 2.75) is 45.3 Å². The van der Waals surface area contributed by atoms with Crippen LogP contribution in [0.15, 0.2) is 12.5 Å². The molecule has 4 nitrogen and oxygen atoms in total. The molecule has 0 spiro atoms. The smallest absolute Gasteiger partial charge is 0.111 e. The van der Waals surface area contributed by atoms with Crippen LogP contribution in [0.25, 0.3) is 0 Å². The average Bonchev–Trinajstić information content (AvgIpc) is 2.86. The summed E-state index contributed by atoms with van der Waals surface area (Å²) in [6.07, 6.45) is 7.64. The Bertz CT molecular complexity index is 312. The lowest BCUT2D eigenvalue weighted by Crippen LogP contribution is -2.34. The molecule has 2 rings (SSSR count). The summed E-state index contributed by atoms with van der Waals surface area (Å²) < 4.78 is 8.12. The maximum atomic E-state index is 5.81. The van der Waals surface area contributed by atoms with E-state index in [0.29, 0.717) is 6.04 Å². The first-order chi connectivity index (χ1) is 8.36. The lowest BCUT2D eigenvalue weighted by molar-refractivity contribution is 0.0217. The second-order valence-electron chi connectivity index (χ2n) is 4.64. The zero-order valence-corrected chi connectivity index (χ0v) is 10.9. The Morgan fingerprint density at radius 1 is 1.59 bits per heavy atom. The summed E-state index contributed by atoms with van der Waals surface area (Å²) in [5, 5.41) is 3.37. The van der Waals surface area contributed by atoms with Crippen molar-refractivity contribution in [3.63, 3.8) is 0 Å².